The first-order valence-corrected chi connectivity index (χ1v) is 8.17. The van der Waals surface area contributed by atoms with E-state index in [1.807, 2.05) is 0 Å². The second-order valence-electron chi connectivity index (χ2n) is 5.56. The van der Waals surface area contributed by atoms with E-state index in [4.69, 9.17) is 11.6 Å². The number of nitrogens with zero attached hydrogens (tertiary/aromatic N) is 1. The molecule has 0 spiro atoms. The van der Waals surface area contributed by atoms with Crippen molar-refractivity contribution in [2.45, 2.75) is 6.18 Å². The van der Waals surface area contributed by atoms with Crippen LogP contribution in [0.5, 0.6) is 0 Å². The van der Waals surface area contributed by atoms with E-state index in [0.717, 1.165) is 12.1 Å². The van der Waals surface area contributed by atoms with E-state index in [1.165, 1.54) is 18.3 Å². The van der Waals surface area contributed by atoms with Crippen molar-refractivity contribution in [3.8, 4) is 0 Å². The van der Waals surface area contributed by atoms with Gasteiger partial charge in [-0.3, -0.25) is 4.79 Å². The zero-order valence-electron chi connectivity index (χ0n) is 13.7. The van der Waals surface area contributed by atoms with Crippen LogP contribution in [0.3, 0.4) is 0 Å². The molecule has 8 heteroatoms. The molecule has 0 aliphatic heterocycles. The molecule has 0 aliphatic carbocycles. The Labute approximate surface area is 158 Å². The van der Waals surface area contributed by atoms with Crippen molar-refractivity contribution in [3.63, 3.8) is 0 Å². The molecule has 0 radical (unpaired) electrons. The van der Waals surface area contributed by atoms with Crippen LogP contribution in [0, 0.1) is 0 Å². The molecule has 1 aromatic heterocycles. The third kappa shape index (κ3) is 4.77. The lowest BCUT2D eigenvalue weighted by molar-refractivity contribution is -0.137. The maximum atomic E-state index is 12.6. The Bertz CT molecular complexity index is 942. The number of rotatable bonds is 4. The van der Waals surface area contributed by atoms with Crippen molar-refractivity contribution >= 4 is 34.7 Å². The van der Waals surface area contributed by atoms with Crippen LogP contribution in [0.15, 0.2) is 66.9 Å². The molecule has 3 rings (SSSR count). The van der Waals surface area contributed by atoms with Crippen LogP contribution >= 0.6 is 11.6 Å². The number of hydrogen-bond acceptors (Lipinski definition) is 3. The first-order valence-electron chi connectivity index (χ1n) is 7.79. The summed E-state index contributed by atoms with van der Waals surface area (Å²) in [6.07, 6.45) is -2.91. The molecule has 2 aromatic carbocycles. The number of anilines is 3. The second kappa shape index (κ2) is 7.67. The van der Waals surface area contributed by atoms with Gasteiger partial charge < -0.3 is 10.6 Å². The Hall–Kier alpha value is -3.06. The van der Waals surface area contributed by atoms with Crippen molar-refractivity contribution in [2.75, 3.05) is 10.6 Å². The summed E-state index contributed by atoms with van der Waals surface area (Å²) >= 11 is 5.85. The van der Waals surface area contributed by atoms with E-state index in [2.05, 4.69) is 15.6 Å². The highest BCUT2D eigenvalue weighted by Crippen LogP contribution is 2.30. The van der Waals surface area contributed by atoms with Crippen molar-refractivity contribution in [1.29, 1.82) is 0 Å². The molecule has 2 N–H and O–H groups in total. The van der Waals surface area contributed by atoms with Gasteiger partial charge in [-0.2, -0.15) is 13.2 Å². The zero-order chi connectivity index (χ0) is 19.4. The molecule has 0 fully saturated rings. The van der Waals surface area contributed by atoms with Gasteiger partial charge in [-0.1, -0.05) is 11.6 Å². The van der Waals surface area contributed by atoms with Gasteiger partial charge in [-0.15, -0.1) is 0 Å². The lowest BCUT2D eigenvalue weighted by atomic mass is 10.2. The Morgan fingerprint density at radius 3 is 2.19 bits per heavy atom. The van der Waals surface area contributed by atoms with Crippen LogP contribution in [0.2, 0.25) is 5.02 Å². The van der Waals surface area contributed by atoms with Gasteiger partial charge >= 0.3 is 6.18 Å². The highest BCUT2D eigenvalue weighted by atomic mass is 35.5. The lowest BCUT2D eigenvalue weighted by Crippen LogP contribution is -2.15. The minimum Gasteiger partial charge on any atom is -0.340 e. The number of alkyl halides is 3. The molecule has 138 valence electrons. The standard InChI is InChI=1S/C19H13ClF3N3O/c20-13-5-9-14(10-6-13)25-17-16(2-1-11-24-17)18(27)26-15-7-3-12(4-8-15)19(21,22)23/h1-11H,(H,24,25)(H,26,27). The molecule has 1 heterocycles. The molecular weight excluding hydrogens is 379 g/mol. The summed E-state index contributed by atoms with van der Waals surface area (Å²) in [7, 11) is 0. The Kier molecular flexibility index (Phi) is 5.32. The van der Waals surface area contributed by atoms with E-state index in [0.29, 0.717) is 16.5 Å². The molecule has 0 saturated carbocycles. The topological polar surface area (TPSA) is 54.0 Å². The summed E-state index contributed by atoms with van der Waals surface area (Å²) in [5.74, 6) is -0.191. The van der Waals surface area contributed by atoms with Gasteiger partial charge in [-0.25, -0.2) is 4.98 Å². The number of carbonyl (C=O) groups is 1. The molecular formula is C19H13ClF3N3O. The molecule has 0 atom stereocenters. The van der Waals surface area contributed by atoms with Crippen LogP contribution in [-0.4, -0.2) is 10.9 Å². The van der Waals surface area contributed by atoms with E-state index in [1.54, 1.807) is 36.4 Å². The van der Waals surface area contributed by atoms with Crippen molar-refractivity contribution < 1.29 is 18.0 Å². The van der Waals surface area contributed by atoms with E-state index in [9.17, 15) is 18.0 Å². The van der Waals surface area contributed by atoms with Crippen LogP contribution in [0.25, 0.3) is 0 Å². The Morgan fingerprint density at radius 1 is 0.926 bits per heavy atom. The SMILES string of the molecule is O=C(Nc1ccc(C(F)(F)F)cc1)c1cccnc1Nc1ccc(Cl)cc1. The van der Waals surface area contributed by atoms with Gasteiger partial charge in [0, 0.05) is 22.6 Å². The van der Waals surface area contributed by atoms with E-state index < -0.39 is 17.6 Å². The maximum Gasteiger partial charge on any atom is 0.416 e. The van der Waals surface area contributed by atoms with Crippen molar-refractivity contribution in [1.82, 2.24) is 4.98 Å². The fraction of sp³-hybridized carbons (Fsp3) is 0.0526. The monoisotopic (exact) mass is 391 g/mol. The summed E-state index contributed by atoms with van der Waals surface area (Å²) in [5.41, 5.74) is 0.385. The largest absolute Gasteiger partial charge is 0.416 e. The predicted molar refractivity (Wildman–Crippen MR) is 98.4 cm³/mol. The van der Waals surface area contributed by atoms with Crippen LogP contribution < -0.4 is 10.6 Å². The van der Waals surface area contributed by atoms with Gasteiger partial charge in [-0.05, 0) is 60.7 Å². The number of benzene rings is 2. The fourth-order valence-corrected chi connectivity index (χ4v) is 2.43. The molecule has 3 aromatic rings. The molecule has 4 nitrogen and oxygen atoms in total. The summed E-state index contributed by atoms with van der Waals surface area (Å²) in [6.45, 7) is 0. The number of carbonyl (C=O) groups excluding carboxylic acids is 1. The number of aromatic nitrogens is 1. The predicted octanol–water partition coefficient (Wildman–Crippen LogP) is 5.75. The van der Waals surface area contributed by atoms with Gasteiger partial charge in [0.05, 0.1) is 11.1 Å². The summed E-state index contributed by atoms with van der Waals surface area (Å²) in [4.78, 5) is 16.7. The average molecular weight is 392 g/mol. The number of hydrogen-bond donors (Lipinski definition) is 2. The summed E-state index contributed by atoms with van der Waals surface area (Å²) < 4.78 is 37.9. The highest BCUT2D eigenvalue weighted by Gasteiger charge is 2.30. The fourth-order valence-electron chi connectivity index (χ4n) is 2.30. The van der Waals surface area contributed by atoms with Gasteiger partial charge in [0.25, 0.3) is 5.91 Å². The van der Waals surface area contributed by atoms with Crippen LogP contribution in [-0.2, 0) is 6.18 Å². The van der Waals surface area contributed by atoms with E-state index >= 15 is 0 Å². The quantitative estimate of drug-likeness (QED) is 0.595. The lowest BCUT2D eigenvalue weighted by Gasteiger charge is -2.12. The molecule has 1 amide bonds. The molecule has 0 unspecified atom stereocenters. The third-order valence-electron chi connectivity index (χ3n) is 3.63. The Balaban J connectivity index is 1.78. The molecule has 0 aliphatic rings. The second-order valence-corrected chi connectivity index (χ2v) is 6.00. The number of halogens is 4. The summed E-state index contributed by atoms with van der Waals surface area (Å²) in [5, 5.41) is 6.15. The van der Waals surface area contributed by atoms with Gasteiger partial charge in [0.1, 0.15) is 5.82 Å². The number of nitrogens with one attached hydrogen (secondary N) is 2. The smallest absolute Gasteiger partial charge is 0.340 e. The average Bonchev–Trinajstić information content (AvgIpc) is 2.64. The van der Waals surface area contributed by atoms with Gasteiger partial charge in [0.2, 0.25) is 0 Å². The Morgan fingerprint density at radius 2 is 1.56 bits per heavy atom. The molecule has 0 saturated heterocycles. The summed E-state index contributed by atoms with van der Waals surface area (Å²) in [6, 6.07) is 14.2. The molecule has 0 bridgehead atoms. The first-order chi connectivity index (χ1) is 12.8. The number of pyridine rings is 1. The van der Waals surface area contributed by atoms with Crippen molar-refractivity contribution in [2.24, 2.45) is 0 Å². The number of amides is 1. The minimum atomic E-state index is -4.43. The van der Waals surface area contributed by atoms with E-state index in [-0.39, 0.29) is 11.3 Å². The van der Waals surface area contributed by atoms with Crippen LogP contribution in [0.4, 0.5) is 30.4 Å². The third-order valence-corrected chi connectivity index (χ3v) is 3.88. The zero-order valence-corrected chi connectivity index (χ0v) is 14.5. The van der Waals surface area contributed by atoms with Gasteiger partial charge in [0.15, 0.2) is 0 Å². The van der Waals surface area contributed by atoms with Crippen LogP contribution in [0.1, 0.15) is 15.9 Å². The maximum absolute atomic E-state index is 12.6. The first kappa shape index (κ1) is 18.7. The highest BCUT2D eigenvalue weighted by molar-refractivity contribution is 6.30. The normalized spacial score (nSPS) is 11.1. The van der Waals surface area contributed by atoms with Crippen molar-refractivity contribution in [3.05, 3.63) is 83.0 Å². The molecule has 27 heavy (non-hydrogen) atoms. The minimum absolute atomic E-state index is 0.243.